The molecule has 6 nitrogen and oxygen atoms in total. The molecule has 3 rings (SSSR count). The largest absolute Gasteiger partial charge is 0.379 e. The molecular formula is C14H19N3O3S3. The van der Waals surface area contributed by atoms with Crippen molar-refractivity contribution in [2.24, 2.45) is 0 Å². The second-order valence-electron chi connectivity index (χ2n) is 5.41. The monoisotopic (exact) mass is 373 g/mol. The topological polar surface area (TPSA) is 62.7 Å². The first-order valence-corrected chi connectivity index (χ1v) is 10.2. The van der Waals surface area contributed by atoms with Crippen molar-refractivity contribution in [2.45, 2.75) is 22.8 Å². The van der Waals surface area contributed by atoms with Crippen molar-refractivity contribution in [3.63, 3.8) is 0 Å². The third-order valence-corrected chi connectivity index (χ3v) is 7.15. The molecule has 0 saturated carbocycles. The fourth-order valence-corrected chi connectivity index (χ4v) is 5.09. The number of pyridine rings is 1. The summed E-state index contributed by atoms with van der Waals surface area (Å²) in [5.41, 5.74) is 0. The number of sulfonamides is 1. The van der Waals surface area contributed by atoms with E-state index in [-0.39, 0.29) is 4.90 Å². The summed E-state index contributed by atoms with van der Waals surface area (Å²) in [6, 6.07) is 3.33. The average Bonchev–Trinajstić information content (AvgIpc) is 3.11. The van der Waals surface area contributed by atoms with E-state index in [0.29, 0.717) is 26.3 Å². The Labute approximate surface area is 146 Å². The first-order valence-electron chi connectivity index (χ1n) is 7.58. The molecule has 23 heavy (non-hydrogen) atoms. The Kier molecular flexibility index (Phi) is 5.53. The van der Waals surface area contributed by atoms with Gasteiger partial charge in [-0.3, -0.25) is 0 Å². The zero-order valence-corrected chi connectivity index (χ0v) is 15.1. The lowest BCUT2D eigenvalue weighted by molar-refractivity contribution is 0.0730. The van der Waals surface area contributed by atoms with Gasteiger partial charge in [0.2, 0.25) is 10.0 Å². The van der Waals surface area contributed by atoms with Crippen LogP contribution in [0, 0.1) is 0 Å². The van der Waals surface area contributed by atoms with E-state index in [1.807, 2.05) is 0 Å². The highest BCUT2D eigenvalue weighted by atomic mass is 32.2. The molecule has 0 bridgehead atoms. The fourth-order valence-electron chi connectivity index (χ4n) is 2.57. The van der Waals surface area contributed by atoms with E-state index in [1.165, 1.54) is 35.1 Å². The molecule has 1 aromatic rings. The Hall–Kier alpha value is -0.740. The molecule has 2 aliphatic heterocycles. The number of nitrogens with zero attached hydrogens (tertiary/aromatic N) is 3. The number of hydrogen-bond acceptors (Lipinski definition) is 6. The second kappa shape index (κ2) is 7.43. The van der Waals surface area contributed by atoms with Gasteiger partial charge in [-0.1, -0.05) is 12.2 Å². The number of ether oxygens (including phenoxy) is 1. The minimum Gasteiger partial charge on any atom is -0.379 e. The summed E-state index contributed by atoms with van der Waals surface area (Å²) in [6.07, 6.45) is 3.76. The van der Waals surface area contributed by atoms with Gasteiger partial charge in [0, 0.05) is 32.4 Å². The number of hydrogen-bond donors (Lipinski definition) is 0. The van der Waals surface area contributed by atoms with Gasteiger partial charge < -0.3 is 9.64 Å². The molecule has 2 aliphatic rings. The smallest absolute Gasteiger partial charge is 0.244 e. The zero-order chi connectivity index (χ0) is 16.3. The van der Waals surface area contributed by atoms with Crippen molar-refractivity contribution in [2.75, 3.05) is 39.4 Å². The number of thiocarbonyl (C=S) groups is 1. The van der Waals surface area contributed by atoms with Gasteiger partial charge in [0.15, 0.2) is 0 Å². The summed E-state index contributed by atoms with van der Waals surface area (Å²) in [7, 11) is -3.48. The highest BCUT2D eigenvalue weighted by Gasteiger charge is 2.26. The molecule has 0 radical (unpaired) electrons. The van der Waals surface area contributed by atoms with E-state index >= 15 is 0 Å². The van der Waals surface area contributed by atoms with Gasteiger partial charge in [-0.25, -0.2) is 13.4 Å². The van der Waals surface area contributed by atoms with Crippen LogP contribution in [0.5, 0.6) is 0 Å². The van der Waals surface area contributed by atoms with Crippen LogP contribution in [-0.4, -0.2) is 66.3 Å². The molecule has 3 heterocycles. The normalized spacial score (nSPS) is 19.9. The van der Waals surface area contributed by atoms with Crippen molar-refractivity contribution >= 4 is 38.3 Å². The highest BCUT2D eigenvalue weighted by molar-refractivity contribution is 8.22. The van der Waals surface area contributed by atoms with Gasteiger partial charge >= 0.3 is 0 Å². The van der Waals surface area contributed by atoms with Crippen LogP contribution in [0.15, 0.2) is 28.3 Å². The lowest BCUT2D eigenvalue weighted by Crippen LogP contribution is -2.40. The number of likely N-dealkylation sites (tertiary alicyclic amines) is 1. The van der Waals surface area contributed by atoms with E-state index in [9.17, 15) is 8.42 Å². The van der Waals surface area contributed by atoms with E-state index < -0.39 is 10.0 Å². The molecular weight excluding hydrogens is 354 g/mol. The number of morpholine rings is 1. The summed E-state index contributed by atoms with van der Waals surface area (Å²) in [5, 5.41) is 0.725. The molecule has 0 unspecified atom stereocenters. The molecule has 0 spiro atoms. The van der Waals surface area contributed by atoms with Gasteiger partial charge in [-0.2, -0.15) is 4.31 Å². The standard InChI is InChI=1S/C14H19N3O3S3/c18-23(19,17-7-9-20-10-8-17)12-3-4-13(15-11-12)22-14(21)16-5-1-2-6-16/h3-4,11H,1-2,5-10H2. The Morgan fingerprint density at radius 3 is 2.48 bits per heavy atom. The van der Waals surface area contributed by atoms with Crippen molar-refractivity contribution in [3.05, 3.63) is 18.3 Å². The molecule has 9 heteroatoms. The molecule has 0 aromatic carbocycles. The molecule has 0 amide bonds. The van der Waals surface area contributed by atoms with Gasteiger partial charge in [0.25, 0.3) is 0 Å². The van der Waals surface area contributed by atoms with Crippen LogP contribution in [0.4, 0.5) is 0 Å². The number of aromatic nitrogens is 1. The summed E-state index contributed by atoms with van der Waals surface area (Å²) in [4.78, 5) is 6.65. The molecule has 0 N–H and O–H groups in total. The Balaban J connectivity index is 1.67. The lowest BCUT2D eigenvalue weighted by Gasteiger charge is -2.25. The third kappa shape index (κ3) is 4.03. The van der Waals surface area contributed by atoms with Gasteiger partial charge in [-0.05, 0) is 36.7 Å². The Bertz CT molecular complexity index is 652. The van der Waals surface area contributed by atoms with E-state index in [1.54, 1.807) is 12.1 Å². The molecule has 1 aromatic heterocycles. The second-order valence-corrected chi connectivity index (χ2v) is 9.00. The van der Waals surface area contributed by atoms with E-state index in [4.69, 9.17) is 17.0 Å². The first kappa shape index (κ1) is 17.1. The first-order chi connectivity index (χ1) is 11.1. The summed E-state index contributed by atoms with van der Waals surface area (Å²) >= 11 is 6.83. The number of thioether (sulfide) groups is 1. The van der Waals surface area contributed by atoms with Crippen LogP contribution in [0.25, 0.3) is 0 Å². The van der Waals surface area contributed by atoms with Crippen molar-refractivity contribution in [1.82, 2.24) is 14.2 Å². The maximum atomic E-state index is 12.5. The van der Waals surface area contributed by atoms with Crippen LogP contribution in [0.2, 0.25) is 0 Å². The quantitative estimate of drug-likeness (QED) is 0.589. The third-order valence-electron chi connectivity index (χ3n) is 3.87. The van der Waals surface area contributed by atoms with Crippen LogP contribution >= 0.6 is 24.0 Å². The van der Waals surface area contributed by atoms with Gasteiger partial charge in [0.1, 0.15) is 14.2 Å². The zero-order valence-electron chi connectivity index (χ0n) is 12.7. The highest BCUT2D eigenvalue weighted by Crippen LogP contribution is 2.24. The predicted molar refractivity (Wildman–Crippen MR) is 93.1 cm³/mol. The Morgan fingerprint density at radius 2 is 1.87 bits per heavy atom. The lowest BCUT2D eigenvalue weighted by atomic mass is 10.4. The van der Waals surface area contributed by atoms with Gasteiger partial charge in [0.05, 0.1) is 13.2 Å². The maximum Gasteiger partial charge on any atom is 0.244 e. The minimum absolute atomic E-state index is 0.218. The SMILES string of the molecule is O=S(=O)(c1ccc(SC(=S)N2CCCC2)nc1)N1CCOCC1. The average molecular weight is 374 g/mol. The molecule has 2 fully saturated rings. The van der Waals surface area contributed by atoms with Crippen molar-refractivity contribution in [1.29, 1.82) is 0 Å². The van der Waals surface area contributed by atoms with Crippen molar-refractivity contribution < 1.29 is 13.2 Å². The molecule has 2 saturated heterocycles. The molecule has 126 valence electrons. The number of rotatable bonds is 3. The molecule has 0 atom stereocenters. The van der Waals surface area contributed by atoms with Crippen LogP contribution in [-0.2, 0) is 14.8 Å². The summed E-state index contributed by atoms with van der Waals surface area (Å²) in [5.74, 6) is 0. The van der Waals surface area contributed by atoms with Crippen LogP contribution in [0.3, 0.4) is 0 Å². The maximum absolute atomic E-state index is 12.5. The minimum atomic E-state index is -3.48. The predicted octanol–water partition coefficient (Wildman–Crippen LogP) is 1.58. The van der Waals surface area contributed by atoms with Crippen LogP contribution in [0.1, 0.15) is 12.8 Å². The summed E-state index contributed by atoms with van der Waals surface area (Å²) in [6.45, 7) is 3.63. The molecule has 0 aliphatic carbocycles. The summed E-state index contributed by atoms with van der Waals surface area (Å²) < 4.78 is 32.5. The Morgan fingerprint density at radius 1 is 1.17 bits per heavy atom. The van der Waals surface area contributed by atoms with E-state index in [2.05, 4.69) is 9.88 Å². The van der Waals surface area contributed by atoms with Gasteiger partial charge in [-0.15, -0.1) is 0 Å². The van der Waals surface area contributed by atoms with Crippen molar-refractivity contribution in [3.8, 4) is 0 Å². The van der Waals surface area contributed by atoms with Crippen LogP contribution < -0.4 is 0 Å². The fraction of sp³-hybridized carbons (Fsp3) is 0.571. The van der Waals surface area contributed by atoms with E-state index in [0.717, 1.165) is 22.4 Å².